The summed E-state index contributed by atoms with van der Waals surface area (Å²) in [6.45, 7) is 7.30. The molecule has 1 aromatic rings. The summed E-state index contributed by atoms with van der Waals surface area (Å²) in [6.07, 6.45) is -0.0478. The monoisotopic (exact) mass is 387 g/mol. The number of hydrogen-bond acceptors (Lipinski definition) is 4. The van der Waals surface area contributed by atoms with E-state index < -0.39 is 0 Å². The molecule has 1 atom stereocenters. The highest BCUT2D eigenvalue weighted by Gasteiger charge is 2.37. The maximum atomic E-state index is 12.8. The summed E-state index contributed by atoms with van der Waals surface area (Å²) in [5.41, 5.74) is 1.07. The first-order chi connectivity index (χ1) is 13.4. The van der Waals surface area contributed by atoms with Crippen LogP contribution in [0.4, 0.5) is 4.79 Å². The van der Waals surface area contributed by atoms with E-state index in [1.807, 2.05) is 44.2 Å². The Hall–Kier alpha value is -2.57. The van der Waals surface area contributed by atoms with E-state index in [1.54, 1.807) is 14.7 Å². The number of piperazine rings is 1. The Morgan fingerprint density at radius 3 is 2.36 bits per heavy atom. The highest BCUT2D eigenvalue weighted by Crippen LogP contribution is 2.23. The van der Waals surface area contributed by atoms with Crippen molar-refractivity contribution < 1.29 is 19.1 Å². The minimum absolute atomic E-state index is 0.0131. The van der Waals surface area contributed by atoms with E-state index in [4.69, 9.17) is 4.74 Å². The first-order valence-corrected chi connectivity index (χ1v) is 9.96. The van der Waals surface area contributed by atoms with E-state index in [-0.39, 0.29) is 30.2 Å². The number of rotatable bonds is 5. The summed E-state index contributed by atoms with van der Waals surface area (Å²) in [5.74, 6) is 0.0402. The molecule has 2 fully saturated rings. The van der Waals surface area contributed by atoms with Crippen molar-refractivity contribution in [1.29, 1.82) is 0 Å². The number of benzene rings is 1. The third-order valence-corrected chi connectivity index (χ3v) is 5.17. The van der Waals surface area contributed by atoms with Gasteiger partial charge in [0.2, 0.25) is 11.8 Å². The minimum atomic E-state index is -0.314. The Balaban J connectivity index is 1.47. The second kappa shape index (κ2) is 9.08. The summed E-state index contributed by atoms with van der Waals surface area (Å²) in [7, 11) is 0. The van der Waals surface area contributed by atoms with Crippen molar-refractivity contribution in [2.75, 3.05) is 39.3 Å². The van der Waals surface area contributed by atoms with Gasteiger partial charge in [-0.25, -0.2) is 4.79 Å². The summed E-state index contributed by atoms with van der Waals surface area (Å²) >= 11 is 0. The van der Waals surface area contributed by atoms with Crippen LogP contribution in [0.15, 0.2) is 30.3 Å². The molecule has 2 aliphatic rings. The van der Waals surface area contributed by atoms with E-state index in [2.05, 4.69) is 0 Å². The topological polar surface area (TPSA) is 70.2 Å². The van der Waals surface area contributed by atoms with E-state index in [0.29, 0.717) is 51.8 Å². The van der Waals surface area contributed by atoms with Gasteiger partial charge in [0.1, 0.15) is 0 Å². The van der Waals surface area contributed by atoms with Gasteiger partial charge in [-0.2, -0.15) is 0 Å². The van der Waals surface area contributed by atoms with E-state index >= 15 is 0 Å². The average molecular weight is 387 g/mol. The standard InChI is InChI=1S/C21H29N3O4/c1-16(2)15-28-21(27)23-10-8-22(9-11-23)20(26)18-12-19(25)24(14-18)13-17-6-4-3-5-7-17/h3-7,16,18H,8-15H2,1-2H3. The number of likely N-dealkylation sites (tertiary alicyclic amines) is 1. The Morgan fingerprint density at radius 2 is 1.71 bits per heavy atom. The molecule has 3 amide bonds. The normalized spacial score (nSPS) is 20.0. The summed E-state index contributed by atoms with van der Waals surface area (Å²) in [5, 5.41) is 0. The van der Waals surface area contributed by atoms with Gasteiger partial charge in [0.25, 0.3) is 0 Å². The number of carbonyl (C=O) groups is 3. The molecule has 2 saturated heterocycles. The van der Waals surface area contributed by atoms with Gasteiger partial charge in [-0.05, 0) is 11.5 Å². The molecular weight excluding hydrogens is 358 g/mol. The SMILES string of the molecule is CC(C)COC(=O)N1CCN(C(=O)C2CC(=O)N(Cc3ccccc3)C2)CC1. The van der Waals surface area contributed by atoms with Crippen LogP contribution >= 0.6 is 0 Å². The molecule has 0 saturated carbocycles. The van der Waals surface area contributed by atoms with Crippen molar-refractivity contribution >= 4 is 17.9 Å². The van der Waals surface area contributed by atoms with Gasteiger partial charge >= 0.3 is 6.09 Å². The largest absolute Gasteiger partial charge is 0.449 e. The van der Waals surface area contributed by atoms with Crippen LogP contribution < -0.4 is 0 Å². The molecule has 1 aromatic carbocycles. The molecule has 7 heteroatoms. The number of nitrogens with zero attached hydrogens (tertiary/aromatic N) is 3. The van der Waals surface area contributed by atoms with Gasteiger partial charge in [0, 0.05) is 45.7 Å². The van der Waals surface area contributed by atoms with Crippen LogP contribution in [0.2, 0.25) is 0 Å². The fourth-order valence-electron chi connectivity index (χ4n) is 3.59. The van der Waals surface area contributed by atoms with Gasteiger partial charge in [0.05, 0.1) is 12.5 Å². The number of amides is 3. The quantitative estimate of drug-likeness (QED) is 0.775. The summed E-state index contributed by atoms with van der Waals surface area (Å²) in [4.78, 5) is 42.4. The fraction of sp³-hybridized carbons (Fsp3) is 0.571. The lowest BCUT2D eigenvalue weighted by Crippen LogP contribution is -2.52. The van der Waals surface area contributed by atoms with Crippen molar-refractivity contribution in [3.05, 3.63) is 35.9 Å². The summed E-state index contributed by atoms with van der Waals surface area (Å²) < 4.78 is 5.26. The fourth-order valence-corrected chi connectivity index (χ4v) is 3.59. The molecule has 0 spiro atoms. The van der Waals surface area contributed by atoms with Crippen LogP contribution in [0, 0.1) is 11.8 Å². The molecule has 0 radical (unpaired) electrons. The van der Waals surface area contributed by atoms with Crippen molar-refractivity contribution in [1.82, 2.24) is 14.7 Å². The Morgan fingerprint density at radius 1 is 1.07 bits per heavy atom. The molecule has 0 aromatic heterocycles. The molecule has 0 bridgehead atoms. The Bertz CT molecular complexity index is 699. The van der Waals surface area contributed by atoms with Crippen molar-refractivity contribution in [2.45, 2.75) is 26.8 Å². The molecule has 3 rings (SSSR count). The number of carbonyl (C=O) groups excluding carboxylic acids is 3. The van der Waals surface area contributed by atoms with Crippen LogP contribution in [-0.4, -0.2) is 71.9 Å². The number of ether oxygens (including phenoxy) is 1. The molecule has 28 heavy (non-hydrogen) atoms. The lowest BCUT2D eigenvalue weighted by Gasteiger charge is -2.35. The highest BCUT2D eigenvalue weighted by molar-refractivity contribution is 5.89. The molecule has 1 unspecified atom stereocenters. The van der Waals surface area contributed by atoms with E-state index in [0.717, 1.165) is 5.56 Å². The van der Waals surface area contributed by atoms with Gasteiger partial charge < -0.3 is 19.4 Å². The molecule has 0 aliphatic carbocycles. The second-order valence-electron chi connectivity index (χ2n) is 7.94. The number of hydrogen-bond donors (Lipinski definition) is 0. The van der Waals surface area contributed by atoms with Gasteiger partial charge in [-0.3, -0.25) is 9.59 Å². The smallest absolute Gasteiger partial charge is 0.409 e. The van der Waals surface area contributed by atoms with Crippen LogP contribution in [0.5, 0.6) is 0 Å². The lowest BCUT2D eigenvalue weighted by molar-refractivity contribution is -0.137. The van der Waals surface area contributed by atoms with Crippen LogP contribution in [0.25, 0.3) is 0 Å². The average Bonchev–Trinajstić information content (AvgIpc) is 3.06. The predicted molar refractivity (Wildman–Crippen MR) is 104 cm³/mol. The van der Waals surface area contributed by atoms with Crippen molar-refractivity contribution in [3.8, 4) is 0 Å². The van der Waals surface area contributed by atoms with Crippen LogP contribution in [-0.2, 0) is 20.9 Å². The lowest BCUT2D eigenvalue weighted by atomic mass is 10.1. The van der Waals surface area contributed by atoms with E-state index in [1.165, 1.54) is 0 Å². The molecule has 0 N–H and O–H groups in total. The predicted octanol–water partition coefficient (Wildman–Crippen LogP) is 1.97. The third kappa shape index (κ3) is 5.03. The molecule has 7 nitrogen and oxygen atoms in total. The zero-order valence-electron chi connectivity index (χ0n) is 16.7. The van der Waals surface area contributed by atoms with Crippen LogP contribution in [0.3, 0.4) is 0 Å². The molecule has 2 heterocycles. The van der Waals surface area contributed by atoms with E-state index in [9.17, 15) is 14.4 Å². The molecular formula is C21H29N3O4. The maximum absolute atomic E-state index is 12.8. The maximum Gasteiger partial charge on any atom is 0.409 e. The van der Waals surface area contributed by atoms with Gasteiger partial charge in [-0.15, -0.1) is 0 Å². The van der Waals surface area contributed by atoms with Gasteiger partial charge in [-0.1, -0.05) is 44.2 Å². The zero-order chi connectivity index (χ0) is 20.1. The Labute approximate surface area is 166 Å². The van der Waals surface area contributed by atoms with Gasteiger partial charge in [0.15, 0.2) is 0 Å². The Kier molecular flexibility index (Phi) is 6.54. The first-order valence-electron chi connectivity index (χ1n) is 9.96. The zero-order valence-corrected chi connectivity index (χ0v) is 16.7. The molecule has 2 aliphatic heterocycles. The van der Waals surface area contributed by atoms with Crippen molar-refractivity contribution in [2.24, 2.45) is 11.8 Å². The van der Waals surface area contributed by atoms with Crippen LogP contribution in [0.1, 0.15) is 25.8 Å². The van der Waals surface area contributed by atoms with Crippen molar-refractivity contribution in [3.63, 3.8) is 0 Å². The first kappa shape index (κ1) is 20.2. The second-order valence-corrected chi connectivity index (χ2v) is 7.94. The molecule has 152 valence electrons. The third-order valence-electron chi connectivity index (χ3n) is 5.17. The summed E-state index contributed by atoms with van der Waals surface area (Å²) in [6, 6.07) is 9.81. The highest BCUT2D eigenvalue weighted by atomic mass is 16.6. The minimum Gasteiger partial charge on any atom is -0.449 e.